The van der Waals surface area contributed by atoms with Crippen molar-refractivity contribution in [1.82, 2.24) is 30.0 Å². The van der Waals surface area contributed by atoms with Gasteiger partial charge in [0.1, 0.15) is 11.4 Å². The van der Waals surface area contributed by atoms with Crippen LogP contribution in [0, 0.1) is 40.5 Å². The lowest BCUT2D eigenvalue weighted by Gasteiger charge is -2.11. The molecule has 0 aliphatic rings. The van der Waals surface area contributed by atoms with Gasteiger partial charge in [-0.1, -0.05) is 0 Å². The van der Waals surface area contributed by atoms with Gasteiger partial charge in [0.2, 0.25) is 11.4 Å². The van der Waals surface area contributed by atoms with Gasteiger partial charge in [-0.2, -0.15) is 0 Å². The zero-order valence-electron chi connectivity index (χ0n) is 32.9. The number of aromatic nitrogens is 8. The monoisotopic (exact) mass is 906 g/mol. The van der Waals surface area contributed by atoms with Crippen LogP contribution in [0.1, 0.15) is 0 Å². The number of nitrogens with zero attached hydrogens (tertiary/aromatic N) is 12. The number of ether oxygens (including phenoxy) is 2. The summed E-state index contributed by atoms with van der Waals surface area (Å²) >= 11 is 0. The van der Waals surface area contributed by atoms with Crippen LogP contribution in [0.4, 0.5) is 22.7 Å². The number of non-ortho nitro benzene ring substituents is 4. The Kier molecular flexibility index (Phi) is 12.9. The normalized spacial score (nSPS) is 10.6. The number of tetrazole rings is 2. The number of hydrogen-bond donors (Lipinski definition) is 0. The minimum Gasteiger partial charge on any atom is -1.00 e. The van der Waals surface area contributed by atoms with Gasteiger partial charge >= 0.3 is 11.6 Å². The molecule has 0 amide bonds. The number of rotatable bonds is 13. The molecule has 0 atom stereocenters. The van der Waals surface area contributed by atoms with E-state index in [1.807, 2.05) is 0 Å². The minimum absolute atomic E-state index is 0. The number of nitro groups is 4. The Bertz CT molecular complexity index is 2850. The van der Waals surface area contributed by atoms with Gasteiger partial charge in [0.05, 0.1) is 55.2 Å². The third-order valence-electron chi connectivity index (χ3n) is 9.50. The molecule has 322 valence electrons. The summed E-state index contributed by atoms with van der Waals surface area (Å²) in [6, 6.07) is 33.3. The number of halogens is 2. The molecule has 0 aliphatic heterocycles. The maximum Gasteiger partial charge on any atom is 0.340 e. The van der Waals surface area contributed by atoms with Crippen LogP contribution in [0.25, 0.3) is 56.7 Å². The first-order chi connectivity index (χ1) is 29.9. The molecule has 0 N–H and O–H groups in total. The zero-order chi connectivity index (χ0) is 43.7. The molecule has 6 aromatic carbocycles. The van der Waals surface area contributed by atoms with E-state index in [1.54, 1.807) is 36.4 Å². The second-order valence-electron chi connectivity index (χ2n) is 13.1. The molecule has 0 radical (unpaired) electrons. The van der Waals surface area contributed by atoms with Gasteiger partial charge in [-0.3, -0.25) is 40.5 Å². The number of hydrogen-bond acceptors (Lipinski definition) is 14. The molecule has 22 nitrogen and oxygen atoms in total. The summed E-state index contributed by atoms with van der Waals surface area (Å²) < 4.78 is 11.7. The fourth-order valence-electron chi connectivity index (χ4n) is 6.37. The van der Waals surface area contributed by atoms with E-state index >= 15 is 0 Å². The summed E-state index contributed by atoms with van der Waals surface area (Å²) in [4.78, 5) is 49.0. The van der Waals surface area contributed by atoms with Crippen LogP contribution in [-0.4, -0.2) is 63.9 Å². The summed E-state index contributed by atoms with van der Waals surface area (Å²) in [5, 5.41) is 64.1. The first-order valence-corrected chi connectivity index (χ1v) is 18.1. The van der Waals surface area contributed by atoms with Gasteiger partial charge in [0.25, 0.3) is 22.7 Å². The van der Waals surface area contributed by atoms with Crippen molar-refractivity contribution in [2.24, 2.45) is 0 Å². The van der Waals surface area contributed by atoms with Gasteiger partial charge in [0, 0.05) is 58.1 Å². The predicted octanol–water partition coefficient (Wildman–Crippen LogP) is 0.0604. The quantitative estimate of drug-likeness (QED) is 0.0842. The molecule has 8 aromatic rings. The lowest BCUT2D eigenvalue weighted by molar-refractivity contribution is -0.734. The van der Waals surface area contributed by atoms with Gasteiger partial charge in [0.15, 0.2) is 11.5 Å². The molecule has 0 saturated heterocycles. The maximum absolute atomic E-state index is 11.4. The second kappa shape index (κ2) is 18.5. The lowest BCUT2D eigenvalue weighted by atomic mass is 10.0. The van der Waals surface area contributed by atoms with Crippen LogP contribution in [0.15, 0.2) is 133 Å². The highest BCUT2D eigenvalue weighted by Crippen LogP contribution is 2.32. The summed E-state index contributed by atoms with van der Waals surface area (Å²) in [5.74, 6) is 1.09. The molecule has 24 heteroatoms. The molecule has 0 spiro atoms. The van der Waals surface area contributed by atoms with E-state index in [2.05, 4.69) is 10.2 Å². The zero-order valence-corrected chi connectivity index (χ0v) is 34.4. The molecule has 8 rings (SSSR count). The highest BCUT2D eigenvalue weighted by molar-refractivity contribution is 5.70. The van der Waals surface area contributed by atoms with Crippen molar-refractivity contribution in [3.05, 3.63) is 174 Å². The van der Waals surface area contributed by atoms with Crippen LogP contribution in [0.5, 0.6) is 11.5 Å². The van der Waals surface area contributed by atoms with E-state index in [-0.39, 0.29) is 59.2 Å². The van der Waals surface area contributed by atoms with Crippen LogP contribution >= 0.6 is 0 Å². The fraction of sp³-hybridized carbons (Fsp3) is 0.0500. The Morgan fingerprint density at radius 1 is 0.438 bits per heavy atom. The van der Waals surface area contributed by atoms with Crippen LogP contribution in [0.3, 0.4) is 0 Å². The first-order valence-electron chi connectivity index (χ1n) is 18.1. The Hall–Kier alpha value is -8.76. The Balaban J connectivity index is 0.00000340. The molecule has 2 aromatic heterocycles. The topological polar surface area (TPSA) is 260 Å². The van der Waals surface area contributed by atoms with Gasteiger partial charge in [-0.25, -0.2) is 0 Å². The third-order valence-corrected chi connectivity index (χ3v) is 9.50. The molecular formula is C40H28Cl2N12O10. The molecule has 0 aliphatic carbocycles. The highest BCUT2D eigenvalue weighted by Gasteiger charge is 2.29. The largest absolute Gasteiger partial charge is 1.00 e. The average molecular weight is 908 g/mol. The van der Waals surface area contributed by atoms with E-state index in [0.717, 1.165) is 0 Å². The fourth-order valence-corrected chi connectivity index (χ4v) is 6.37. The summed E-state index contributed by atoms with van der Waals surface area (Å²) in [7, 11) is 2.95. The summed E-state index contributed by atoms with van der Waals surface area (Å²) in [6.07, 6.45) is 0. The van der Waals surface area contributed by atoms with Crippen LogP contribution < -0.4 is 43.9 Å². The molecule has 0 bridgehead atoms. The highest BCUT2D eigenvalue weighted by atomic mass is 35.5. The third kappa shape index (κ3) is 8.70. The van der Waals surface area contributed by atoms with Gasteiger partial charge in [-0.05, 0) is 116 Å². The van der Waals surface area contributed by atoms with Crippen molar-refractivity contribution in [1.29, 1.82) is 0 Å². The van der Waals surface area contributed by atoms with Crippen LogP contribution in [0.2, 0.25) is 0 Å². The molecule has 2 heterocycles. The molecular weight excluding hydrogens is 879 g/mol. The molecule has 64 heavy (non-hydrogen) atoms. The first kappa shape index (κ1) is 44.8. The van der Waals surface area contributed by atoms with Crippen molar-refractivity contribution >= 4 is 22.7 Å². The smallest absolute Gasteiger partial charge is 0.340 e. The SMILES string of the molecule is COc1cc(-c2ccc(-[n+]3nc(-c4ccc([N+](=O)[O-])cc4)nn3-c3ccc([N+](=O)[O-])cc3)c(OC)c2)ccc1-[n+]1nc(-c2ccc([N+](=O)[O-])cc2)nn1-c1ccc([N+](=O)[O-])cc1.[Cl-].[Cl-]. The maximum atomic E-state index is 11.4. The molecule has 0 fully saturated rings. The minimum atomic E-state index is -0.521. The van der Waals surface area contributed by atoms with E-state index in [0.29, 0.717) is 56.5 Å². The van der Waals surface area contributed by atoms with E-state index in [4.69, 9.17) is 19.7 Å². The van der Waals surface area contributed by atoms with E-state index in [1.165, 1.54) is 130 Å². The summed E-state index contributed by atoms with van der Waals surface area (Å²) in [5.41, 5.74) is 3.48. The number of methoxy groups -OCH3 is 2. The van der Waals surface area contributed by atoms with E-state index in [9.17, 15) is 40.5 Å². The lowest BCUT2D eigenvalue weighted by Crippen LogP contribution is -3.00. The van der Waals surface area contributed by atoms with Gasteiger partial charge < -0.3 is 34.3 Å². The Morgan fingerprint density at radius 2 is 0.719 bits per heavy atom. The predicted molar refractivity (Wildman–Crippen MR) is 215 cm³/mol. The second-order valence-corrected chi connectivity index (χ2v) is 13.1. The van der Waals surface area contributed by atoms with Crippen molar-refractivity contribution in [3.8, 4) is 68.2 Å². The Labute approximate surface area is 371 Å². The van der Waals surface area contributed by atoms with Crippen molar-refractivity contribution in [2.45, 2.75) is 0 Å². The van der Waals surface area contributed by atoms with Gasteiger partial charge in [-0.15, -0.1) is 0 Å². The van der Waals surface area contributed by atoms with Crippen molar-refractivity contribution in [2.75, 3.05) is 14.2 Å². The standard InChI is InChI=1S/C40H28N12O10.2ClH/c1-61-37-23-27(7-21-35(37)47-43-39(25-3-9-31(10-4-25)49(53)54)41-45(47)29-13-17-33(18-14-29)51(57)58)28-8-22-36(38(24-28)62-2)48-44-40(26-5-11-32(12-6-26)50(55)56)42-46(48)30-15-19-34(20-16-30)52(59)60;;/h3-24H,1-2H3;2*1H/q+2;;/p-2. The summed E-state index contributed by atoms with van der Waals surface area (Å²) in [6.45, 7) is 0. The number of nitro benzene ring substituents is 4. The van der Waals surface area contributed by atoms with E-state index < -0.39 is 19.7 Å². The van der Waals surface area contributed by atoms with Crippen LogP contribution in [-0.2, 0) is 0 Å². The molecule has 0 saturated carbocycles. The Morgan fingerprint density at radius 3 is 1.00 bits per heavy atom. The van der Waals surface area contributed by atoms with Crippen molar-refractivity contribution in [3.63, 3.8) is 0 Å². The number of benzene rings is 6. The molecule has 0 unspecified atom stereocenters. The average Bonchev–Trinajstić information content (AvgIpc) is 3.95. The van der Waals surface area contributed by atoms with Crippen molar-refractivity contribution < 1.29 is 63.6 Å².